The van der Waals surface area contributed by atoms with Crippen LogP contribution < -0.4 is 0 Å². The number of carbonyl (C=O) groups is 1. The lowest BCUT2D eigenvalue weighted by Gasteiger charge is -2.14. The first kappa shape index (κ1) is 12.5. The van der Waals surface area contributed by atoms with Gasteiger partial charge in [0.2, 0.25) is 0 Å². The number of hydrogen-bond acceptors (Lipinski definition) is 2. The highest BCUT2D eigenvalue weighted by Crippen LogP contribution is 2.13. The van der Waals surface area contributed by atoms with Gasteiger partial charge in [0, 0.05) is 5.56 Å². The monoisotopic (exact) mass is 238 g/mol. The predicted octanol–water partition coefficient (Wildman–Crippen LogP) is 3.48. The van der Waals surface area contributed by atoms with E-state index in [9.17, 15) is 4.79 Å². The molecule has 0 radical (unpaired) electrons. The quantitative estimate of drug-likeness (QED) is 0.577. The fraction of sp³-hybridized carbons (Fsp3) is 0.417. The van der Waals surface area contributed by atoms with Crippen LogP contribution in [0.3, 0.4) is 0 Å². The van der Waals surface area contributed by atoms with Crippen molar-refractivity contribution in [2.24, 2.45) is 0 Å². The zero-order valence-corrected chi connectivity index (χ0v) is 11.4. The third kappa shape index (κ3) is 5.19. The minimum absolute atomic E-state index is 0.249. The van der Waals surface area contributed by atoms with E-state index < -0.39 is 8.07 Å². The molecule has 0 spiro atoms. The summed E-state index contributed by atoms with van der Waals surface area (Å²) in [7, 11) is -1.01. The molecule has 0 saturated heterocycles. The molecule has 0 heterocycles. The van der Waals surface area contributed by atoms with Gasteiger partial charge in [-0.3, -0.25) is 4.79 Å². The fourth-order valence-corrected chi connectivity index (χ4v) is 4.37. The standard InChI is InChI=1S/C12H18OSSi/c1-15(2,3)10-14-9-12(13)11-7-5-4-6-8-11/h4-8H,9-10H2,1-3H3. The van der Waals surface area contributed by atoms with Gasteiger partial charge in [-0.15, -0.1) is 0 Å². The molecule has 0 bridgehead atoms. The molecule has 0 aromatic heterocycles. The van der Waals surface area contributed by atoms with E-state index in [0.717, 1.165) is 10.9 Å². The Morgan fingerprint density at radius 3 is 2.33 bits per heavy atom. The number of Topliss-reactive ketones (excluding diaryl/α,β-unsaturated/α-hetero) is 1. The Morgan fingerprint density at radius 1 is 1.20 bits per heavy atom. The molecule has 0 fully saturated rings. The van der Waals surface area contributed by atoms with Crippen molar-refractivity contribution in [3.63, 3.8) is 0 Å². The number of thioether (sulfide) groups is 1. The van der Waals surface area contributed by atoms with Crippen molar-refractivity contribution in [2.45, 2.75) is 19.6 Å². The molecule has 1 nitrogen and oxygen atoms in total. The molecular formula is C12H18OSSi. The van der Waals surface area contributed by atoms with Crippen LogP contribution in [0.1, 0.15) is 10.4 Å². The van der Waals surface area contributed by atoms with Gasteiger partial charge in [-0.2, -0.15) is 11.8 Å². The Labute approximate surface area is 97.3 Å². The van der Waals surface area contributed by atoms with Gasteiger partial charge >= 0.3 is 0 Å². The fourth-order valence-electron chi connectivity index (χ4n) is 1.16. The van der Waals surface area contributed by atoms with Crippen LogP contribution in [0.5, 0.6) is 0 Å². The molecule has 1 aromatic rings. The van der Waals surface area contributed by atoms with Crippen molar-refractivity contribution in [3.05, 3.63) is 35.9 Å². The van der Waals surface area contributed by atoms with Crippen LogP contribution >= 0.6 is 11.8 Å². The third-order valence-electron chi connectivity index (χ3n) is 1.86. The Hall–Kier alpha value is -0.543. The van der Waals surface area contributed by atoms with Gasteiger partial charge in [0.15, 0.2) is 5.78 Å². The summed E-state index contributed by atoms with van der Waals surface area (Å²) in [5, 5.41) is 1.16. The normalized spacial score (nSPS) is 11.4. The molecule has 1 aromatic carbocycles. The highest BCUT2D eigenvalue weighted by Gasteiger charge is 2.14. The summed E-state index contributed by atoms with van der Waals surface area (Å²) in [4.78, 5) is 11.7. The van der Waals surface area contributed by atoms with Crippen molar-refractivity contribution in [2.75, 3.05) is 11.1 Å². The van der Waals surface area contributed by atoms with Crippen LogP contribution in [0.15, 0.2) is 30.3 Å². The Bertz CT molecular complexity index is 316. The molecule has 0 aliphatic carbocycles. The van der Waals surface area contributed by atoms with Crippen LogP contribution in [-0.2, 0) is 0 Å². The molecule has 82 valence electrons. The molecule has 0 saturated carbocycles. The van der Waals surface area contributed by atoms with Crippen LogP contribution in [0.4, 0.5) is 0 Å². The first-order chi connectivity index (χ1) is 6.99. The van der Waals surface area contributed by atoms with Crippen LogP contribution in [0, 0.1) is 0 Å². The first-order valence-corrected chi connectivity index (χ1v) is 10.0. The second-order valence-electron chi connectivity index (χ2n) is 4.84. The van der Waals surface area contributed by atoms with E-state index in [1.165, 1.54) is 0 Å². The maximum atomic E-state index is 11.7. The van der Waals surface area contributed by atoms with Crippen molar-refractivity contribution < 1.29 is 4.79 Å². The molecule has 0 amide bonds. The average molecular weight is 238 g/mol. The molecule has 3 heteroatoms. The van der Waals surface area contributed by atoms with Gasteiger partial charge in [0.05, 0.1) is 13.8 Å². The van der Waals surface area contributed by atoms with E-state index in [1.54, 1.807) is 11.8 Å². The van der Waals surface area contributed by atoms with Crippen molar-refractivity contribution in [1.82, 2.24) is 0 Å². The van der Waals surface area contributed by atoms with E-state index in [0.29, 0.717) is 5.75 Å². The average Bonchev–Trinajstić information content (AvgIpc) is 2.17. The molecule has 1 rings (SSSR count). The zero-order valence-electron chi connectivity index (χ0n) is 9.62. The summed E-state index contributed by atoms with van der Waals surface area (Å²) < 4.78 is 0. The predicted molar refractivity (Wildman–Crippen MR) is 71.4 cm³/mol. The molecule has 0 unspecified atom stereocenters. The third-order valence-corrected chi connectivity index (χ3v) is 6.61. The lowest BCUT2D eigenvalue weighted by atomic mass is 10.2. The molecule has 0 N–H and O–H groups in total. The van der Waals surface area contributed by atoms with Gasteiger partial charge in [-0.05, 0) is 5.38 Å². The van der Waals surface area contributed by atoms with Gasteiger partial charge in [0.25, 0.3) is 0 Å². The van der Waals surface area contributed by atoms with Crippen molar-refractivity contribution in [3.8, 4) is 0 Å². The molecule has 15 heavy (non-hydrogen) atoms. The van der Waals surface area contributed by atoms with Crippen LogP contribution in [0.25, 0.3) is 0 Å². The van der Waals surface area contributed by atoms with Gasteiger partial charge < -0.3 is 0 Å². The second-order valence-corrected chi connectivity index (χ2v) is 11.8. The van der Waals surface area contributed by atoms with E-state index in [-0.39, 0.29) is 5.78 Å². The summed E-state index contributed by atoms with van der Waals surface area (Å²) in [6.45, 7) is 6.98. The lowest BCUT2D eigenvalue weighted by Crippen LogP contribution is -2.24. The van der Waals surface area contributed by atoms with Gasteiger partial charge in [0.1, 0.15) is 0 Å². The molecular weight excluding hydrogens is 220 g/mol. The largest absolute Gasteiger partial charge is 0.293 e. The Morgan fingerprint density at radius 2 is 1.80 bits per heavy atom. The van der Waals surface area contributed by atoms with Crippen molar-refractivity contribution in [1.29, 1.82) is 0 Å². The minimum atomic E-state index is -1.01. The number of rotatable bonds is 5. The van der Waals surface area contributed by atoms with Gasteiger partial charge in [-0.1, -0.05) is 50.0 Å². The lowest BCUT2D eigenvalue weighted by molar-refractivity contribution is 0.102. The van der Waals surface area contributed by atoms with Crippen LogP contribution in [0.2, 0.25) is 19.6 Å². The number of ketones is 1. The Kier molecular flexibility index (Phi) is 4.61. The molecule has 0 aliphatic heterocycles. The highest BCUT2D eigenvalue weighted by atomic mass is 32.2. The van der Waals surface area contributed by atoms with E-state index in [4.69, 9.17) is 0 Å². The number of benzene rings is 1. The maximum Gasteiger partial charge on any atom is 0.172 e. The highest BCUT2D eigenvalue weighted by molar-refractivity contribution is 8.01. The second kappa shape index (κ2) is 5.52. The van der Waals surface area contributed by atoms with Crippen molar-refractivity contribution >= 4 is 25.6 Å². The number of carbonyl (C=O) groups excluding carboxylic acids is 1. The summed E-state index contributed by atoms with van der Waals surface area (Å²) in [6.07, 6.45) is 0. The van der Waals surface area contributed by atoms with E-state index in [2.05, 4.69) is 19.6 Å². The zero-order chi connectivity index (χ0) is 11.3. The summed E-state index contributed by atoms with van der Waals surface area (Å²) in [5.74, 6) is 0.868. The summed E-state index contributed by atoms with van der Waals surface area (Å²) >= 11 is 1.78. The SMILES string of the molecule is C[Si](C)(C)CSCC(=O)c1ccccc1. The smallest absolute Gasteiger partial charge is 0.172 e. The van der Waals surface area contributed by atoms with E-state index >= 15 is 0 Å². The summed E-state index contributed by atoms with van der Waals surface area (Å²) in [6, 6.07) is 9.54. The Balaban J connectivity index is 2.38. The van der Waals surface area contributed by atoms with Crippen LogP contribution in [-0.4, -0.2) is 25.0 Å². The topological polar surface area (TPSA) is 17.1 Å². The molecule has 0 aliphatic rings. The molecule has 0 atom stereocenters. The maximum absolute atomic E-state index is 11.7. The van der Waals surface area contributed by atoms with Gasteiger partial charge in [-0.25, -0.2) is 0 Å². The van der Waals surface area contributed by atoms with E-state index in [1.807, 2.05) is 30.3 Å². The summed E-state index contributed by atoms with van der Waals surface area (Å²) in [5.41, 5.74) is 0.834. The minimum Gasteiger partial charge on any atom is -0.293 e. The number of hydrogen-bond donors (Lipinski definition) is 0. The first-order valence-electron chi connectivity index (χ1n) is 5.15.